The van der Waals surface area contributed by atoms with Crippen LogP contribution in [0.15, 0.2) is 34.7 Å². The predicted molar refractivity (Wildman–Crippen MR) is 120 cm³/mol. The molecule has 1 aromatic heterocycles. The molecule has 170 valence electrons. The van der Waals surface area contributed by atoms with Crippen molar-refractivity contribution in [1.82, 2.24) is 0 Å². The molecule has 0 bridgehead atoms. The standard InChI is InChI=1S/C20H12Cl5F2NO4/c1-8-2-4-10(12(6-8)32-20(26)27)28-19(29)11-5-3-9(31-11)7-30-18-16(24)14(22)13(21)15(23)17(18)25/h2-6,20H,7H2,1H3,(H,28,29). The van der Waals surface area contributed by atoms with E-state index in [1.807, 2.05) is 0 Å². The van der Waals surface area contributed by atoms with Gasteiger partial charge in [0.2, 0.25) is 0 Å². The van der Waals surface area contributed by atoms with Gasteiger partial charge in [0.05, 0.1) is 20.8 Å². The first-order chi connectivity index (χ1) is 15.1. The first-order valence-corrected chi connectivity index (χ1v) is 10.6. The zero-order valence-corrected chi connectivity index (χ0v) is 19.7. The van der Waals surface area contributed by atoms with Crippen molar-refractivity contribution in [3.63, 3.8) is 0 Å². The fraction of sp³-hybridized carbons (Fsp3) is 0.150. The minimum Gasteiger partial charge on any atom is -0.482 e. The highest BCUT2D eigenvalue weighted by Crippen LogP contribution is 2.48. The number of ether oxygens (including phenoxy) is 2. The van der Waals surface area contributed by atoms with Gasteiger partial charge in [-0.05, 0) is 36.8 Å². The van der Waals surface area contributed by atoms with Crippen LogP contribution in [0.5, 0.6) is 11.5 Å². The normalized spacial score (nSPS) is 11.0. The molecule has 12 heteroatoms. The third kappa shape index (κ3) is 5.53. The lowest BCUT2D eigenvalue weighted by molar-refractivity contribution is -0.0494. The van der Waals surface area contributed by atoms with E-state index in [1.165, 1.54) is 24.3 Å². The Labute approximate surface area is 206 Å². The number of rotatable bonds is 7. The molecule has 0 fully saturated rings. The van der Waals surface area contributed by atoms with Gasteiger partial charge in [-0.3, -0.25) is 4.79 Å². The van der Waals surface area contributed by atoms with Gasteiger partial charge in [0, 0.05) is 0 Å². The van der Waals surface area contributed by atoms with Gasteiger partial charge >= 0.3 is 6.61 Å². The molecule has 3 rings (SSSR count). The van der Waals surface area contributed by atoms with E-state index in [9.17, 15) is 13.6 Å². The summed E-state index contributed by atoms with van der Waals surface area (Å²) < 4.78 is 40.7. The maximum Gasteiger partial charge on any atom is 0.387 e. The lowest BCUT2D eigenvalue weighted by atomic mass is 10.2. The minimum atomic E-state index is -3.05. The third-order valence-corrected chi connectivity index (χ3v) is 6.26. The van der Waals surface area contributed by atoms with Crippen molar-refractivity contribution in [2.24, 2.45) is 0 Å². The molecule has 0 atom stereocenters. The Kier molecular flexibility index (Phi) is 8.01. The Morgan fingerprint density at radius 2 is 1.62 bits per heavy atom. The molecule has 2 aromatic carbocycles. The maximum atomic E-state index is 12.6. The average Bonchev–Trinajstić information content (AvgIpc) is 3.21. The fourth-order valence-corrected chi connectivity index (χ4v) is 3.77. The number of benzene rings is 2. The molecule has 0 radical (unpaired) electrons. The van der Waals surface area contributed by atoms with Crippen molar-refractivity contribution in [1.29, 1.82) is 0 Å². The van der Waals surface area contributed by atoms with E-state index in [0.29, 0.717) is 5.56 Å². The van der Waals surface area contributed by atoms with Gasteiger partial charge in [0.1, 0.15) is 28.2 Å². The van der Waals surface area contributed by atoms with Gasteiger partial charge in [0.15, 0.2) is 11.5 Å². The van der Waals surface area contributed by atoms with Crippen LogP contribution in [-0.2, 0) is 6.61 Å². The second kappa shape index (κ2) is 10.4. The SMILES string of the molecule is Cc1ccc(NC(=O)c2ccc(COc3c(Cl)c(Cl)c(Cl)c(Cl)c3Cl)o2)c(OC(F)F)c1. The van der Waals surface area contributed by atoms with Crippen LogP contribution in [0.1, 0.15) is 21.9 Å². The summed E-state index contributed by atoms with van der Waals surface area (Å²) >= 11 is 30.1. The summed E-state index contributed by atoms with van der Waals surface area (Å²) in [5, 5.41) is 2.31. The smallest absolute Gasteiger partial charge is 0.387 e. The second-order valence-corrected chi connectivity index (χ2v) is 8.18. The van der Waals surface area contributed by atoms with Crippen molar-refractivity contribution >= 4 is 69.6 Å². The number of carbonyl (C=O) groups excluding carboxylic acids is 1. The zero-order valence-electron chi connectivity index (χ0n) is 15.9. The topological polar surface area (TPSA) is 60.7 Å². The van der Waals surface area contributed by atoms with Crippen molar-refractivity contribution in [2.45, 2.75) is 20.1 Å². The largest absolute Gasteiger partial charge is 0.482 e. The number of hydrogen-bond donors (Lipinski definition) is 1. The molecule has 3 aromatic rings. The first kappa shape index (κ1) is 24.7. The lowest BCUT2D eigenvalue weighted by Gasteiger charge is -2.13. The Morgan fingerprint density at radius 3 is 2.25 bits per heavy atom. The molecule has 0 aliphatic rings. The number of amides is 1. The molecule has 1 heterocycles. The van der Waals surface area contributed by atoms with Crippen LogP contribution in [0, 0.1) is 6.92 Å². The van der Waals surface area contributed by atoms with Gasteiger partial charge in [-0.15, -0.1) is 0 Å². The number of halogens is 7. The van der Waals surface area contributed by atoms with Gasteiger partial charge in [-0.2, -0.15) is 8.78 Å². The van der Waals surface area contributed by atoms with Crippen LogP contribution in [0.2, 0.25) is 25.1 Å². The van der Waals surface area contributed by atoms with E-state index in [2.05, 4.69) is 10.1 Å². The molecule has 0 saturated carbocycles. The number of hydrogen-bond acceptors (Lipinski definition) is 4. The summed E-state index contributed by atoms with van der Waals surface area (Å²) in [4.78, 5) is 12.5. The van der Waals surface area contributed by atoms with Gasteiger partial charge in [-0.25, -0.2) is 0 Å². The highest BCUT2D eigenvalue weighted by atomic mass is 35.5. The van der Waals surface area contributed by atoms with Crippen LogP contribution >= 0.6 is 58.0 Å². The quantitative estimate of drug-likeness (QED) is 0.240. The molecule has 1 amide bonds. The van der Waals surface area contributed by atoms with E-state index in [0.717, 1.165) is 0 Å². The Morgan fingerprint density at radius 1 is 1.00 bits per heavy atom. The van der Waals surface area contributed by atoms with E-state index < -0.39 is 12.5 Å². The van der Waals surface area contributed by atoms with Gasteiger partial charge in [0.25, 0.3) is 5.91 Å². The number of carbonyl (C=O) groups is 1. The Bertz CT molecular complexity index is 1140. The number of aryl methyl sites for hydroxylation is 1. The molecule has 5 nitrogen and oxygen atoms in total. The van der Waals surface area contributed by atoms with Crippen molar-refractivity contribution < 1.29 is 27.5 Å². The molecule has 0 saturated heterocycles. The Hall–Kier alpha value is -1.90. The molecule has 1 N–H and O–H groups in total. The molecule has 0 spiro atoms. The maximum absolute atomic E-state index is 12.6. The molecule has 0 aliphatic heterocycles. The van der Waals surface area contributed by atoms with E-state index in [4.69, 9.17) is 67.2 Å². The number of alkyl halides is 2. The number of anilines is 1. The van der Waals surface area contributed by atoms with E-state index in [-0.39, 0.29) is 60.4 Å². The first-order valence-electron chi connectivity index (χ1n) is 8.68. The highest BCUT2D eigenvalue weighted by Gasteiger charge is 2.21. The predicted octanol–water partition coefficient (Wildman–Crippen LogP) is 8.29. The molecular formula is C20H12Cl5F2NO4. The number of furan rings is 1. The summed E-state index contributed by atoms with van der Waals surface area (Å²) in [6.07, 6.45) is 0. The van der Waals surface area contributed by atoms with Crippen LogP contribution in [0.25, 0.3) is 0 Å². The van der Waals surface area contributed by atoms with Crippen LogP contribution in [-0.4, -0.2) is 12.5 Å². The molecular weight excluding hydrogens is 533 g/mol. The minimum absolute atomic E-state index is 0.0106. The van der Waals surface area contributed by atoms with Crippen molar-refractivity contribution in [2.75, 3.05) is 5.32 Å². The Balaban J connectivity index is 1.73. The lowest BCUT2D eigenvalue weighted by Crippen LogP contribution is -2.13. The summed E-state index contributed by atoms with van der Waals surface area (Å²) in [6.45, 7) is -1.53. The van der Waals surface area contributed by atoms with Gasteiger partial charge < -0.3 is 19.2 Å². The summed E-state index contributed by atoms with van der Waals surface area (Å²) in [6, 6.07) is 7.29. The summed E-state index contributed by atoms with van der Waals surface area (Å²) in [5.41, 5.74) is 0.731. The summed E-state index contributed by atoms with van der Waals surface area (Å²) in [5.74, 6) is -0.741. The molecule has 0 aliphatic carbocycles. The molecule has 32 heavy (non-hydrogen) atoms. The van der Waals surface area contributed by atoms with Crippen LogP contribution < -0.4 is 14.8 Å². The monoisotopic (exact) mass is 543 g/mol. The second-order valence-electron chi connectivity index (χ2n) is 6.29. The highest BCUT2D eigenvalue weighted by molar-refractivity contribution is 6.55. The van der Waals surface area contributed by atoms with Crippen LogP contribution in [0.3, 0.4) is 0 Å². The zero-order chi connectivity index (χ0) is 23.6. The van der Waals surface area contributed by atoms with Gasteiger partial charge in [-0.1, -0.05) is 64.1 Å². The average molecular weight is 546 g/mol. The van der Waals surface area contributed by atoms with Crippen molar-refractivity contribution in [3.05, 3.63) is 72.5 Å². The van der Waals surface area contributed by atoms with Crippen LogP contribution in [0.4, 0.5) is 14.5 Å². The third-order valence-electron chi connectivity index (χ3n) is 4.02. The van der Waals surface area contributed by atoms with E-state index >= 15 is 0 Å². The number of nitrogens with one attached hydrogen (secondary N) is 1. The van der Waals surface area contributed by atoms with E-state index in [1.54, 1.807) is 13.0 Å². The molecule has 0 unspecified atom stereocenters. The van der Waals surface area contributed by atoms with Crippen molar-refractivity contribution in [3.8, 4) is 11.5 Å². The summed E-state index contributed by atoms with van der Waals surface area (Å²) in [7, 11) is 0. The fourth-order valence-electron chi connectivity index (χ4n) is 2.54.